The van der Waals surface area contributed by atoms with Gasteiger partial charge in [0.15, 0.2) is 5.11 Å². The molecule has 0 bridgehead atoms. The molecule has 2 aromatic rings. The quantitative estimate of drug-likeness (QED) is 0.493. The van der Waals surface area contributed by atoms with Crippen LogP contribution in [0.25, 0.3) is 0 Å². The van der Waals surface area contributed by atoms with Gasteiger partial charge < -0.3 is 15.4 Å². The lowest BCUT2D eigenvalue weighted by Gasteiger charge is -2.13. The van der Waals surface area contributed by atoms with Gasteiger partial charge in [0.05, 0.1) is 22.8 Å². The fraction of sp³-hybridized carbons (Fsp3) is 0.333. The smallest absolute Gasteiger partial charge is 0.341 e. The molecule has 0 atom stereocenters. The van der Waals surface area contributed by atoms with Crippen LogP contribution in [0.4, 0.5) is 5.95 Å². The van der Waals surface area contributed by atoms with E-state index >= 15 is 0 Å². The largest absolute Gasteiger partial charge is 0.462 e. The first kappa shape index (κ1) is 22.7. The standard InChI is InChI=1S/C18H23N5O4S2/c1-5-27-16(24)15-11-19-17(21-12(15)2)22-18(28)20-10-13-6-8-14(9-7-13)29(25,26)23(3)4/h6-9,11H,5,10H2,1-4H3,(H2,19,20,21,22,28). The molecular formula is C18H23N5O4S2. The maximum Gasteiger partial charge on any atom is 0.341 e. The van der Waals surface area contributed by atoms with Gasteiger partial charge >= 0.3 is 5.97 Å². The monoisotopic (exact) mass is 437 g/mol. The third-order valence-corrected chi connectivity index (χ3v) is 5.93. The Bertz CT molecular complexity index is 992. The summed E-state index contributed by atoms with van der Waals surface area (Å²) in [4.78, 5) is 20.3. The Hall–Kier alpha value is -2.63. The van der Waals surface area contributed by atoms with Crippen LogP contribution in [0.2, 0.25) is 0 Å². The van der Waals surface area contributed by atoms with E-state index in [4.69, 9.17) is 17.0 Å². The van der Waals surface area contributed by atoms with E-state index in [1.165, 1.54) is 20.3 Å². The van der Waals surface area contributed by atoms with Crippen molar-refractivity contribution < 1.29 is 17.9 Å². The summed E-state index contributed by atoms with van der Waals surface area (Å²) in [5.74, 6) is -0.225. The zero-order chi connectivity index (χ0) is 21.6. The minimum Gasteiger partial charge on any atom is -0.462 e. The first-order valence-corrected chi connectivity index (χ1v) is 10.6. The van der Waals surface area contributed by atoms with Crippen molar-refractivity contribution in [2.24, 2.45) is 0 Å². The maximum absolute atomic E-state index is 12.1. The van der Waals surface area contributed by atoms with Crippen LogP contribution in [-0.4, -0.2) is 54.5 Å². The van der Waals surface area contributed by atoms with Crippen molar-refractivity contribution in [3.63, 3.8) is 0 Å². The van der Waals surface area contributed by atoms with Crippen LogP contribution in [0.5, 0.6) is 0 Å². The Kier molecular flexibility index (Phi) is 7.59. The lowest BCUT2D eigenvalue weighted by atomic mass is 10.2. The number of rotatable bonds is 7. The molecule has 9 nitrogen and oxygen atoms in total. The van der Waals surface area contributed by atoms with Crippen LogP contribution in [-0.2, 0) is 21.3 Å². The molecule has 0 aliphatic rings. The van der Waals surface area contributed by atoms with Gasteiger partial charge in [-0.05, 0) is 43.8 Å². The molecule has 1 aromatic carbocycles. The summed E-state index contributed by atoms with van der Waals surface area (Å²) in [6.45, 7) is 4.06. The number of benzene rings is 1. The number of nitrogens with zero attached hydrogens (tertiary/aromatic N) is 3. The van der Waals surface area contributed by atoms with E-state index in [1.807, 2.05) is 0 Å². The van der Waals surface area contributed by atoms with Crippen molar-refractivity contribution in [1.29, 1.82) is 0 Å². The maximum atomic E-state index is 12.1. The number of hydrogen-bond acceptors (Lipinski definition) is 7. The van der Waals surface area contributed by atoms with Gasteiger partial charge in [-0.15, -0.1) is 0 Å². The van der Waals surface area contributed by atoms with Gasteiger partial charge in [0.1, 0.15) is 0 Å². The predicted molar refractivity (Wildman–Crippen MR) is 113 cm³/mol. The van der Waals surface area contributed by atoms with Crippen molar-refractivity contribution in [2.45, 2.75) is 25.3 Å². The van der Waals surface area contributed by atoms with E-state index in [9.17, 15) is 13.2 Å². The molecule has 0 aliphatic heterocycles. The van der Waals surface area contributed by atoms with Crippen LogP contribution in [0, 0.1) is 6.92 Å². The van der Waals surface area contributed by atoms with E-state index in [0.29, 0.717) is 22.9 Å². The molecule has 1 aromatic heterocycles. The summed E-state index contributed by atoms with van der Waals surface area (Å²) in [6.07, 6.45) is 1.38. The molecule has 0 fully saturated rings. The van der Waals surface area contributed by atoms with E-state index in [-0.39, 0.29) is 17.5 Å². The molecule has 29 heavy (non-hydrogen) atoms. The molecule has 156 valence electrons. The van der Waals surface area contributed by atoms with Crippen molar-refractivity contribution in [1.82, 2.24) is 19.6 Å². The Balaban J connectivity index is 1.95. The SMILES string of the molecule is CCOC(=O)c1cnc(NC(=S)NCc2ccc(S(=O)(=O)N(C)C)cc2)nc1C. The zero-order valence-electron chi connectivity index (χ0n) is 16.6. The van der Waals surface area contributed by atoms with Gasteiger partial charge in [0.25, 0.3) is 0 Å². The van der Waals surface area contributed by atoms with Crippen LogP contribution >= 0.6 is 12.2 Å². The van der Waals surface area contributed by atoms with E-state index < -0.39 is 16.0 Å². The number of carbonyl (C=O) groups excluding carboxylic acids is 1. The average Bonchev–Trinajstić information content (AvgIpc) is 2.67. The molecule has 0 unspecified atom stereocenters. The lowest BCUT2D eigenvalue weighted by molar-refractivity contribution is 0.0524. The topological polar surface area (TPSA) is 114 Å². The first-order chi connectivity index (χ1) is 13.6. The third kappa shape index (κ3) is 5.92. The molecule has 1 heterocycles. The highest BCUT2D eigenvalue weighted by molar-refractivity contribution is 7.89. The number of hydrogen-bond donors (Lipinski definition) is 2. The van der Waals surface area contributed by atoms with E-state index in [0.717, 1.165) is 9.87 Å². The van der Waals surface area contributed by atoms with E-state index in [2.05, 4.69) is 20.6 Å². The Morgan fingerprint density at radius 3 is 2.45 bits per heavy atom. The summed E-state index contributed by atoms with van der Waals surface area (Å²) in [5.41, 5.74) is 1.62. The summed E-state index contributed by atoms with van der Waals surface area (Å²) in [7, 11) is -0.490. The predicted octanol–water partition coefficient (Wildman–Crippen LogP) is 1.70. The summed E-state index contributed by atoms with van der Waals surface area (Å²) in [5, 5.41) is 6.13. The number of sulfonamides is 1. The van der Waals surface area contributed by atoms with Crippen molar-refractivity contribution in [3.8, 4) is 0 Å². The van der Waals surface area contributed by atoms with Gasteiger partial charge in [-0.3, -0.25) is 0 Å². The highest BCUT2D eigenvalue weighted by atomic mass is 32.2. The fourth-order valence-corrected chi connectivity index (χ4v) is 3.32. The molecule has 0 radical (unpaired) electrons. The van der Waals surface area contributed by atoms with Crippen molar-refractivity contribution >= 4 is 39.3 Å². The second-order valence-corrected chi connectivity index (χ2v) is 8.71. The third-order valence-electron chi connectivity index (χ3n) is 3.86. The molecule has 11 heteroatoms. The molecule has 0 amide bonds. The van der Waals surface area contributed by atoms with Crippen LogP contribution in [0.1, 0.15) is 28.5 Å². The first-order valence-electron chi connectivity index (χ1n) is 8.72. The van der Waals surface area contributed by atoms with Crippen molar-refractivity contribution in [3.05, 3.63) is 47.3 Å². The number of aryl methyl sites for hydroxylation is 1. The summed E-state index contributed by atoms with van der Waals surface area (Å²) in [6, 6.07) is 6.51. The Morgan fingerprint density at radius 1 is 1.24 bits per heavy atom. The molecular weight excluding hydrogens is 414 g/mol. The lowest BCUT2D eigenvalue weighted by Crippen LogP contribution is -2.29. The highest BCUT2D eigenvalue weighted by Gasteiger charge is 2.16. The molecule has 0 aliphatic carbocycles. The number of ether oxygens (including phenoxy) is 1. The number of carbonyl (C=O) groups is 1. The highest BCUT2D eigenvalue weighted by Crippen LogP contribution is 2.14. The molecule has 0 saturated heterocycles. The van der Waals surface area contributed by atoms with Crippen LogP contribution in [0.15, 0.2) is 35.4 Å². The van der Waals surface area contributed by atoms with Crippen molar-refractivity contribution in [2.75, 3.05) is 26.0 Å². The molecule has 0 saturated carbocycles. The molecule has 2 rings (SSSR count). The molecule has 0 spiro atoms. The van der Waals surface area contributed by atoms with Gasteiger partial charge in [-0.2, -0.15) is 0 Å². The second-order valence-electron chi connectivity index (χ2n) is 6.15. The average molecular weight is 438 g/mol. The van der Waals surface area contributed by atoms with E-state index in [1.54, 1.807) is 38.1 Å². The fourth-order valence-electron chi connectivity index (χ4n) is 2.25. The van der Waals surface area contributed by atoms with Gasteiger partial charge in [0, 0.05) is 26.8 Å². The minimum atomic E-state index is -3.46. The number of esters is 1. The summed E-state index contributed by atoms with van der Waals surface area (Å²) >= 11 is 5.23. The Morgan fingerprint density at radius 2 is 1.90 bits per heavy atom. The summed E-state index contributed by atoms with van der Waals surface area (Å²) < 4.78 is 30.3. The zero-order valence-corrected chi connectivity index (χ0v) is 18.2. The van der Waals surface area contributed by atoms with Crippen LogP contribution in [0.3, 0.4) is 0 Å². The molecule has 2 N–H and O–H groups in total. The minimum absolute atomic E-state index is 0.220. The van der Waals surface area contributed by atoms with Gasteiger partial charge in [-0.1, -0.05) is 12.1 Å². The second kappa shape index (κ2) is 9.72. The van der Waals surface area contributed by atoms with Gasteiger partial charge in [-0.25, -0.2) is 27.5 Å². The normalized spacial score (nSPS) is 11.2. The van der Waals surface area contributed by atoms with Crippen LogP contribution < -0.4 is 10.6 Å². The number of thiocarbonyl (C=S) groups is 1. The Labute approximate surface area is 175 Å². The number of anilines is 1. The number of nitrogens with one attached hydrogen (secondary N) is 2. The number of aromatic nitrogens is 2. The van der Waals surface area contributed by atoms with Gasteiger partial charge in [0.2, 0.25) is 16.0 Å².